The third-order valence-electron chi connectivity index (χ3n) is 4.32. The van der Waals surface area contributed by atoms with E-state index in [0.717, 1.165) is 4.88 Å². The molecule has 8 nitrogen and oxygen atoms in total. The predicted octanol–water partition coefficient (Wildman–Crippen LogP) is 1.91. The van der Waals surface area contributed by atoms with Crippen molar-refractivity contribution in [3.8, 4) is 0 Å². The molecule has 0 radical (unpaired) electrons. The lowest BCUT2D eigenvalue weighted by atomic mass is 10.2. The average molecular weight is 456 g/mol. The zero-order valence-electron chi connectivity index (χ0n) is 15.9. The van der Waals surface area contributed by atoms with Gasteiger partial charge in [-0.2, -0.15) is 16.5 Å². The van der Waals surface area contributed by atoms with Crippen LogP contribution < -0.4 is 15.8 Å². The van der Waals surface area contributed by atoms with Crippen molar-refractivity contribution in [2.75, 3.05) is 12.0 Å². The van der Waals surface area contributed by atoms with Crippen LogP contribution in [-0.2, 0) is 28.4 Å². The molecule has 0 unspecified atom stereocenters. The molecule has 0 saturated heterocycles. The van der Waals surface area contributed by atoms with Crippen LogP contribution in [0, 0.1) is 0 Å². The highest BCUT2D eigenvalue weighted by molar-refractivity contribution is 7.98. The number of hydrogen-bond donors (Lipinski definition) is 2. The number of thiophene rings is 1. The summed E-state index contributed by atoms with van der Waals surface area (Å²) >= 11 is 3.04. The molecule has 0 spiro atoms. The van der Waals surface area contributed by atoms with Crippen LogP contribution in [0.5, 0.6) is 0 Å². The van der Waals surface area contributed by atoms with Crippen LogP contribution in [0.2, 0.25) is 0 Å². The van der Waals surface area contributed by atoms with Crippen molar-refractivity contribution in [1.29, 1.82) is 0 Å². The van der Waals surface area contributed by atoms with Gasteiger partial charge in [0.15, 0.2) is 5.58 Å². The Bertz CT molecular complexity index is 1150. The van der Waals surface area contributed by atoms with Crippen molar-refractivity contribution in [3.63, 3.8) is 0 Å². The van der Waals surface area contributed by atoms with Gasteiger partial charge in [-0.1, -0.05) is 6.07 Å². The highest BCUT2D eigenvalue weighted by atomic mass is 32.2. The maximum atomic E-state index is 12.9. The van der Waals surface area contributed by atoms with Crippen LogP contribution in [0.1, 0.15) is 11.3 Å². The number of nitrogens with one attached hydrogen (secondary N) is 2. The summed E-state index contributed by atoms with van der Waals surface area (Å²) in [7, 11) is -2.45. The molecular weight excluding hydrogens is 434 g/mol. The normalized spacial score (nSPS) is 12.9. The first kappa shape index (κ1) is 21.6. The summed E-state index contributed by atoms with van der Waals surface area (Å²) in [5, 5.41) is 4.69. The summed E-state index contributed by atoms with van der Waals surface area (Å²) < 4.78 is 34.6. The summed E-state index contributed by atoms with van der Waals surface area (Å²) in [6, 6.07) is 7.05. The molecule has 29 heavy (non-hydrogen) atoms. The van der Waals surface area contributed by atoms with Crippen LogP contribution >= 0.6 is 23.1 Å². The lowest BCUT2D eigenvalue weighted by Gasteiger charge is -2.18. The number of sulfonamides is 1. The molecular formula is C18H21N3O5S3. The summed E-state index contributed by atoms with van der Waals surface area (Å²) in [5.41, 5.74) is 0.657. The number of aryl methyl sites for hydroxylation is 1. The van der Waals surface area contributed by atoms with Gasteiger partial charge in [0, 0.05) is 18.0 Å². The molecule has 1 amide bonds. The Morgan fingerprint density at radius 2 is 2.14 bits per heavy atom. The van der Waals surface area contributed by atoms with E-state index in [2.05, 4.69) is 10.0 Å². The Morgan fingerprint density at radius 1 is 1.34 bits per heavy atom. The van der Waals surface area contributed by atoms with Crippen LogP contribution in [0.3, 0.4) is 0 Å². The smallest absolute Gasteiger partial charge is 0.408 e. The fourth-order valence-electron chi connectivity index (χ4n) is 2.73. The second-order valence-corrected chi connectivity index (χ2v) is 10.0. The molecule has 11 heteroatoms. The fourth-order valence-corrected chi connectivity index (χ4v) is 5.09. The number of rotatable bonds is 9. The molecule has 1 aromatic carbocycles. The first-order chi connectivity index (χ1) is 13.8. The molecule has 0 bridgehead atoms. The number of benzene rings is 1. The van der Waals surface area contributed by atoms with Crippen molar-refractivity contribution >= 4 is 50.1 Å². The Morgan fingerprint density at radius 3 is 2.83 bits per heavy atom. The van der Waals surface area contributed by atoms with Crippen molar-refractivity contribution in [3.05, 3.63) is 51.1 Å². The molecule has 0 aliphatic carbocycles. The van der Waals surface area contributed by atoms with Crippen LogP contribution in [0.4, 0.5) is 0 Å². The number of amides is 1. The van der Waals surface area contributed by atoms with Crippen LogP contribution in [0.25, 0.3) is 11.1 Å². The molecule has 0 aliphatic heterocycles. The summed E-state index contributed by atoms with van der Waals surface area (Å²) in [6.45, 7) is 0.342. The Balaban J connectivity index is 1.79. The van der Waals surface area contributed by atoms with E-state index in [1.807, 2.05) is 23.8 Å². The number of carbonyl (C=O) groups excluding carboxylic acids is 1. The molecule has 0 saturated carbocycles. The lowest BCUT2D eigenvalue weighted by molar-refractivity contribution is -0.122. The second kappa shape index (κ2) is 9.16. The van der Waals surface area contributed by atoms with Gasteiger partial charge >= 0.3 is 5.76 Å². The number of oxazole rings is 1. The highest BCUT2D eigenvalue weighted by Gasteiger charge is 2.26. The molecule has 0 aliphatic rings. The number of fused-ring (bicyclic) bond motifs is 1. The first-order valence-corrected chi connectivity index (χ1v) is 12.5. The minimum atomic E-state index is -3.99. The molecule has 2 aromatic heterocycles. The van der Waals surface area contributed by atoms with Gasteiger partial charge in [-0.05, 0) is 42.0 Å². The summed E-state index contributed by atoms with van der Waals surface area (Å²) in [4.78, 5) is 25.1. The minimum Gasteiger partial charge on any atom is -0.408 e. The van der Waals surface area contributed by atoms with Gasteiger partial charge in [0.2, 0.25) is 15.9 Å². The van der Waals surface area contributed by atoms with Crippen LogP contribution in [-0.4, -0.2) is 36.9 Å². The molecule has 1 atom stereocenters. The van der Waals surface area contributed by atoms with Gasteiger partial charge in [0.25, 0.3) is 0 Å². The molecule has 3 aromatic rings. The number of nitrogens with zero attached hydrogens (tertiary/aromatic N) is 1. The zero-order chi connectivity index (χ0) is 21.0. The van der Waals surface area contributed by atoms with E-state index in [0.29, 0.717) is 24.2 Å². The van der Waals surface area contributed by atoms with E-state index in [1.165, 1.54) is 52.9 Å². The number of hydrogen-bond acceptors (Lipinski definition) is 7. The van der Waals surface area contributed by atoms with Crippen molar-refractivity contribution in [1.82, 2.24) is 14.6 Å². The van der Waals surface area contributed by atoms with Gasteiger partial charge in [0.1, 0.15) is 6.04 Å². The SMILES string of the molecule is CSCC[C@@H](NS(=O)(=O)c1ccc2c(c1)oc(=O)n2C)C(=O)NCc1cccs1. The predicted molar refractivity (Wildman–Crippen MR) is 115 cm³/mol. The van der Waals surface area contributed by atoms with Crippen molar-refractivity contribution in [2.45, 2.75) is 23.9 Å². The van der Waals surface area contributed by atoms with E-state index in [1.54, 1.807) is 0 Å². The first-order valence-electron chi connectivity index (χ1n) is 8.73. The second-order valence-electron chi connectivity index (χ2n) is 6.31. The number of thioether (sulfide) groups is 1. The topological polar surface area (TPSA) is 110 Å². The van der Waals surface area contributed by atoms with Crippen LogP contribution in [0.15, 0.2) is 49.8 Å². The van der Waals surface area contributed by atoms with E-state index in [9.17, 15) is 18.0 Å². The van der Waals surface area contributed by atoms with E-state index >= 15 is 0 Å². The molecule has 156 valence electrons. The third-order valence-corrected chi connectivity index (χ3v) is 7.31. The third kappa shape index (κ3) is 5.10. The monoisotopic (exact) mass is 455 g/mol. The Kier molecular flexibility index (Phi) is 6.83. The quantitative estimate of drug-likeness (QED) is 0.510. The molecule has 2 heterocycles. The van der Waals surface area contributed by atoms with Gasteiger partial charge in [-0.3, -0.25) is 9.36 Å². The summed E-state index contributed by atoms with van der Waals surface area (Å²) in [6.07, 6.45) is 2.24. The van der Waals surface area contributed by atoms with Gasteiger partial charge in [0.05, 0.1) is 17.0 Å². The van der Waals surface area contributed by atoms with E-state index in [-0.39, 0.29) is 16.4 Å². The van der Waals surface area contributed by atoms with E-state index in [4.69, 9.17) is 4.42 Å². The zero-order valence-corrected chi connectivity index (χ0v) is 18.3. The maximum absolute atomic E-state index is 12.9. The Hall–Kier alpha value is -2.08. The van der Waals surface area contributed by atoms with Crippen molar-refractivity contribution in [2.24, 2.45) is 7.05 Å². The molecule has 3 rings (SSSR count). The highest BCUT2D eigenvalue weighted by Crippen LogP contribution is 2.19. The number of aromatic nitrogens is 1. The van der Waals surface area contributed by atoms with Gasteiger partial charge in [-0.15, -0.1) is 11.3 Å². The fraction of sp³-hybridized carbons (Fsp3) is 0.333. The van der Waals surface area contributed by atoms with Gasteiger partial charge in [-0.25, -0.2) is 13.2 Å². The standard InChI is InChI=1S/C18H21N3O5S3/c1-21-15-6-5-13(10-16(15)26-18(21)23)29(24,25)20-14(7-9-27-2)17(22)19-11-12-4-3-8-28-12/h3-6,8,10,14,20H,7,9,11H2,1-2H3,(H,19,22)/t14-/m1/s1. The number of carbonyl (C=O) groups is 1. The molecule has 0 fully saturated rings. The van der Waals surface area contributed by atoms with Crippen molar-refractivity contribution < 1.29 is 17.6 Å². The summed E-state index contributed by atoms with van der Waals surface area (Å²) in [5.74, 6) is -0.344. The largest absolute Gasteiger partial charge is 0.419 e. The average Bonchev–Trinajstić information content (AvgIpc) is 3.31. The lowest BCUT2D eigenvalue weighted by Crippen LogP contribution is -2.46. The molecule has 2 N–H and O–H groups in total. The van der Waals surface area contributed by atoms with Gasteiger partial charge < -0.3 is 9.73 Å². The minimum absolute atomic E-state index is 0.0699. The Labute approximate surface area is 176 Å². The van der Waals surface area contributed by atoms with E-state index < -0.39 is 21.8 Å². The maximum Gasteiger partial charge on any atom is 0.419 e.